The van der Waals surface area contributed by atoms with E-state index in [2.05, 4.69) is 4.99 Å². The quantitative estimate of drug-likeness (QED) is 0.462. The Kier molecular flexibility index (Phi) is 9.28. The minimum atomic E-state index is -0.350. The summed E-state index contributed by atoms with van der Waals surface area (Å²) in [4.78, 5) is 4.60. The van der Waals surface area contributed by atoms with Gasteiger partial charge in [0.05, 0.1) is 33.1 Å². The highest BCUT2D eigenvalue weighted by Gasteiger charge is 2.12. The molecule has 0 unspecified atom stereocenters. The maximum atomic E-state index is 5.51. The molecule has 0 saturated heterocycles. The third-order valence-corrected chi connectivity index (χ3v) is 3.13. The number of methoxy groups -OCH3 is 3. The van der Waals surface area contributed by atoms with Gasteiger partial charge in [0.2, 0.25) is 0 Å². The van der Waals surface area contributed by atoms with E-state index in [9.17, 15) is 0 Å². The van der Waals surface area contributed by atoms with Gasteiger partial charge in [0.25, 0.3) is 0 Å². The molecular formula is C17H27NO5. The van der Waals surface area contributed by atoms with Gasteiger partial charge in [0.1, 0.15) is 0 Å². The van der Waals surface area contributed by atoms with Crippen LogP contribution in [0.4, 0.5) is 0 Å². The molecule has 0 aliphatic heterocycles. The Labute approximate surface area is 138 Å². The molecule has 0 spiro atoms. The molecule has 6 nitrogen and oxygen atoms in total. The summed E-state index contributed by atoms with van der Waals surface area (Å²) >= 11 is 0. The van der Waals surface area contributed by atoms with Crippen LogP contribution in [-0.4, -0.2) is 59.7 Å². The van der Waals surface area contributed by atoms with Crippen molar-refractivity contribution in [2.24, 2.45) is 4.99 Å². The molecule has 0 bridgehead atoms. The Morgan fingerprint density at radius 1 is 1.00 bits per heavy atom. The fourth-order valence-electron chi connectivity index (χ4n) is 2.08. The lowest BCUT2D eigenvalue weighted by molar-refractivity contribution is -0.128. The lowest BCUT2D eigenvalue weighted by atomic mass is 10.1. The van der Waals surface area contributed by atoms with Crippen LogP contribution in [0.25, 0.3) is 0 Å². The van der Waals surface area contributed by atoms with Crippen LogP contribution in [-0.2, 0) is 14.2 Å². The van der Waals surface area contributed by atoms with E-state index in [4.69, 9.17) is 23.7 Å². The minimum Gasteiger partial charge on any atom is -0.493 e. The number of rotatable bonds is 11. The molecule has 1 aromatic rings. The van der Waals surface area contributed by atoms with E-state index in [1.807, 2.05) is 32.0 Å². The number of hydrogen-bond acceptors (Lipinski definition) is 6. The van der Waals surface area contributed by atoms with Crippen LogP contribution >= 0.6 is 0 Å². The third kappa shape index (κ3) is 6.17. The fraction of sp³-hybridized carbons (Fsp3) is 0.588. The largest absolute Gasteiger partial charge is 0.493 e. The molecule has 0 fully saturated rings. The van der Waals surface area contributed by atoms with Crippen molar-refractivity contribution < 1.29 is 23.7 Å². The molecule has 0 atom stereocenters. The zero-order valence-corrected chi connectivity index (χ0v) is 14.6. The third-order valence-electron chi connectivity index (χ3n) is 3.13. The number of nitrogens with zero attached hydrogens (tertiary/aromatic N) is 1. The van der Waals surface area contributed by atoms with Crippen LogP contribution in [0.1, 0.15) is 19.4 Å². The molecule has 0 saturated carbocycles. The van der Waals surface area contributed by atoms with E-state index in [0.29, 0.717) is 37.9 Å². The Morgan fingerprint density at radius 2 is 1.65 bits per heavy atom. The van der Waals surface area contributed by atoms with Crippen LogP contribution < -0.4 is 9.47 Å². The second-order valence-electron chi connectivity index (χ2n) is 4.63. The lowest BCUT2D eigenvalue weighted by Crippen LogP contribution is -2.22. The second-order valence-corrected chi connectivity index (χ2v) is 4.63. The van der Waals surface area contributed by atoms with E-state index in [1.165, 1.54) is 0 Å². The molecule has 1 rings (SSSR count). The monoisotopic (exact) mass is 325 g/mol. The summed E-state index contributed by atoms with van der Waals surface area (Å²) in [5, 5.41) is 0. The fourth-order valence-corrected chi connectivity index (χ4v) is 2.08. The summed E-state index contributed by atoms with van der Waals surface area (Å²) in [5.41, 5.74) is 1.72. The Bertz CT molecular complexity index is 484. The predicted octanol–water partition coefficient (Wildman–Crippen LogP) is 2.54. The zero-order chi connectivity index (χ0) is 17.1. The highest BCUT2D eigenvalue weighted by molar-refractivity contribution is 6.02. The zero-order valence-electron chi connectivity index (χ0n) is 14.6. The van der Waals surface area contributed by atoms with Gasteiger partial charge in [0.15, 0.2) is 17.8 Å². The lowest BCUT2D eigenvalue weighted by Gasteiger charge is -2.16. The first-order chi connectivity index (χ1) is 11.2. The maximum absolute atomic E-state index is 5.51. The van der Waals surface area contributed by atoms with Gasteiger partial charge in [-0.2, -0.15) is 0 Å². The molecule has 0 aliphatic carbocycles. The summed E-state index contributed by atoms with van der Waals surface area (Å²) in [6.07, 6.45) is -0.350. The van der Waals surface area contributed by atoms with Crippen molar-refractivity contribution in [2.75, 3.05) is 47.7 Å². The first-order valence-corrected chi connectivity index (χ1v) is 7.67. The Hall–Kier alpha value is -1.63. The summed E-state index contributed by atoms with van der Waals surface area (Å²) in [6.45, 7) is 5.82. The Morgan fingerprint density at radius 3 is 2.17 bits per heavy atom. The molecule has 0 heterocycles. The van der Waals surface area contributed by atoms with Crippen molar-refractivity contribution in [1.29, 1.82) is 0 Å². The number of hydrogen-bond donors (Lipinski definition) is 0. The SMILES string of the molecule is CCOC(C/N=C(/COC)c1ccc(OC)c(OC)c1)OCC. The van der Waals surface area contributed by atoms with Gasteiger partial charge in [-0.25, -0.2) is 0 Å². The minimum absolute atomic E-state index is 0.350. The molecule has 23 heavy (non-hydrogen) atoms. The molecule has 0 radical (unpaired) electrons. The van der Waals surface area contributed by atoms with Gasteiger partial charge in [-0.1, -0.05) is 0 Å². The molecule has 1 aromatic carbocycles. The number of benzene rings is 1. The smallest absolute Gasteiger partial charge is 0.176 e. The highest BCUT2D eigenvalue weighted by Crippen LogP contribution is 2.27. The normalized spacial score (nSPS) is 11.8. The predicted molar refractivity (Wildman–Crippen MR) is 89.9 cm³/mol. The van der Waals surface area contributed by atoms with Crippen LogP contribution in [0.2, 0.25) is 0 Å². The molecule has 6 heteroatoms. The van der Waals surface area contributed by atoms with Crippen molar-refractivity contribution >= 4 is 5.71 Å². The first-order valence-electron chi connectivity index (χ1n) is 7.67. The number of aliphatic imine (C=N–C) groups is 1. The van der Waals surface area contributed by atoms with Gasteiger partial charge < -0.3 is 23.7 Å². The molecule has 0 N–H and O–H groups in total. The van der Waals surface area contributed by atoms with Crippen LogP contribution in [0.5, 0.6) is 11.5 Å². The van der Waals surface area contributed by atoms with E-state index in [0.717, 1.165) is 11.3 Å². The summed E-state index contributed by atoms with van der Waals surface area (Å²) in [5.74, 6) is 1.33. The maximum Gasteiger partial charge on any atom is 0.176 e. The van der Waals surface area contributed by atoms with Gasteiger partial charge in [-0.3, -0.25) is 4.99 Å². The Balaban J connectivity index is 2.98. The van der Waals surface area contributed by atoms with E-state index >= 15 is 0 Å². The molecular weight excluding hydrogens is 298 g/mol. The van der Waals surface area contributed by atoms with Crippen molar-refractivity contribution in [1.82, 2.24) is 0 Å². The van der Waals surface area contributed by atoms with E-state index < -0.39 is 0 Å². The average Bonchev–Trinajstić information content (AvgIpc) is 2.58. The molecule has 130 valence electrons. The average molecular weight is 325 g/mol. The van der Waals surface area contributed by atoms with Crippen molar-refractivity contribution in [3.63, 3.8) is 0 Å². The standard InChI is InChI=1S/C17H27NO5/c1-6-22-17(23-7-2)11-18-14(12-19-3)13-8-9-15(20-4)16(10-13)21-5/h8-10,17H,6-7,11-12H2,1-5H3/b18-14-. The number of ether oxygens (including phenoxy) is 5. The second kappa shape index (κ2) is 11.0. The van der Waals surface area contributed by atoms with E-state index in [1.54, 1.807) is 21.3 Å². The van der Waals surface area contributed by atoms with Gasteiger partial charge in [0, 0.05) is 25.9 Å². The molecule has 0 amide bonds. The van der Waals surface area contributed by atoms with Crippen molar-refractivity contribution in [3.8, 4) is 11.5 Å². The van der Waals surface area contributed by atoms with Gasteiger partial charge in [-0.15, -0.1) is 0 Å². The molecule has 0 aromatic heterocycles. The first kappa shape index (κ1) is 19.4. The van der Waals surface area contributed by atoms with Crippen LogP contribution in [0, 0.1) is 0 Å². The summed E-state index contributed by atoms with van der Waals surface area (Å²) < 4.78 is 26.9. The van der Waals surface area contributed by atoms with Crippen molar-refractivity contribution in [2.45, 2.75) is 20.1 Å². The highest BCUT2D eigenvalue weighted by atomic mass is 16.7. The van der Waals surface area contributed by atoms with E-state index in [-0.39, 0.29) is 6.29 Å². The summed E-state index contributed by atoms with van der Waals surface area (Å²) in [6, 6.07) is 5.66. The molecule has 0 aliphatic rings. The van der Waals surface area contributed by atoms with Gasteiger partial charge >= 0.3 is 0 Å². The van der Waals surface area contributed by atoms with Gasteiger partial charge in [-0.05, 0) is 32.0 Å². The van der Waals surface area contributed by atoms with Crippen LogP contribution in [0.15, 0.2) is 23.2 Å². The van der Waals surface area contributed by atoms with Crippen molar-refractivity contribution in [3.05, 3.63) is 23.8 Å². The summed E-state index contributed by atoms with van der Waals surface area (Å²) in [7, 11) is 4.85. The topological polar surface area (TPSA) is 58.5 Å². The van der Waals surface area contributed by atoms with Crippen LogP contribution in [0.3, 0.4) is 0 Å².